The van der Waals surface area contributed by atoms with Crippen molar-refractivity contribution in [1.29, 1.82) is 0 Å². The van der Waals surface area contributed by atoms with Crippen LogP contribution in [0, 0.1) is 0 Å². The van der Waals surface area contributed by atoms with Gasteiger partial charge in [0.15, 0.2) is 0 Å². The SMILES string of the molecule is CC(C)N1CCOC(C(O)Cc2cn(C)nn2)C1. The summed E-state index contributed by atoms with van der Waals surface area (Å²) in [5.41, 5.74) is 0.801. The zero-order valence-corrected chi connectivity index (χ0v) is 11.3. The number of aliphatic hydroxyl groups excluding tert-OH is 1. The van der Waals surface area contributed by atoms with Gasteiger partial charge in [-0.15, -0.1) is 5.10 Å². The second kappa shape index (κ2) is 5.77. The highest BCUT2D eigenvalue weighted by Crippen LogP contribution is 2.14. The maximum absolute atomic E-state index is 10.2. The highest BCUT2D eigenvalue weighted by Gasteiger charge is 2.28. The number of hydrogen-bond acceptors (Lipinski definition) is 5. The van der Waals surface area contributed by atoms with Gasteiger partial charge in [-0.05, 0) is 13.8 Å². The smallest absolute Gasteiger partial charge is 0.0965 e. The maximum Gasteiger partial charge on any atom is 0.0965 e. The average molecular weight is 254 g/mol. The first-order chi connectivity index (χ1) is 8.56. The summed E-state index contributed by atoms with van der Waals surface area (Å²) in [6.07, 6.45) is 1.66. The Hall–Kier alpha value is -0.980. The Labute approximate surface area is 108 Å². The van der Waals surface area contributed by atoms with E-state index in [2.05, 4.69) is 29.1 Å². The van der Waals surface area contributed by atoms with Crippen LogP contribution >= 0.6 is 0 Å². The van der Waals surface area contributed by atoms with E-state index in [1.807, 2.05) is 13.2 Å². The van der Waals surface area contributed by atoms with E-state index in [1.165, 1.54) is 0 Å². The van der Waals surface area contributed by atoms with E-state index < -0.39 is 6.10 Å². The van der Waals surface area contributed by atoms with Gasteiger partial charge in [-0.25, -0.2) is 0 Å². The zero-order chi connectivity index (χ0) is 13.1. The summed E-state index contributed by atoms with van der Waals surface area (Å²) in [7, 11) is 1.82. The molecule has 1 aliphatic rings. The van der Waals surface area contributed by atoms with Crippen molar-refractivity contribution in [3.63, 3.8) is 0 Å². The van der Waals surface area contributed by atoms with Gasteiger partial charge in [0, 0.05) is 38.8 Å². The molecule has 0 aliphatic carbocycles. The molecule has 2 unspecified atom stereocenters. The molecule has 2 rings (SSSR count). The second-order valence-corrected chi connectivity index (χ2v) is 5.15. The quantitative estimate of drug-likeness (QED) is 0.808. The standard InChI is InChI=1S/C12H22N4O2/c1-9(2)16-4-5-18-12(8-16)11(17)6-10-7-15(3)14-13-10/h7,9,11-12,17H,4-6,8H2,1-3H3. The monoisotopic (exact) mass is 254 g/mol. The van der Waals surface area contributed by atoms with Crippen molar-refractivity contribution >= 4 is 0 Å². The molecule has 18 heavy (non-hydrogen) atoms. The molecular weight excluding hydrogens is 232 g/mol. The maximum atomic E-state index is 10.2. The Morgan fingerprint density at radius 2 is 2.33 bits per heavy atom. The van der Waals surface area contributed by atoms with Crippen LogP contribution in [-0.2, 0) is 18.2 Å². The zero-order valence-electron chi connectivity index (χ0n) is 11.3. The number of aryl methyl sites for hydroxylation is 1. The van der Waals surface area contributed by atoms with Crippen LogP contribution in [0.1, 0.15) is 19.5 Å². The van der Waals surface area contributed by atoms with Gasteiger partial charge in [0.1, 0.15) is 0 Å². The minimum Gasteiger partial charge on any atom is -0.390 e. The van der Waals surface area contributed by atoms with E-state index >= 15 is 0 Å². The molecule has 0 radical (unpaired) electrons. The number of aliphatic hydroxyl groups is 1. The summed E-state index contributed by atoms with van der Waals surface area (Å²) in [4.78, 5) is 2.33. The van der Waals surface area contributed by atoms with Crippen LogP contribution < -0.4 is 0 Å². The van der Waals surface area contributed by atoms with Crippen molar-refractivity contribution in [2.75, 3.05) is 19.7 Å². The van der Waals surface area contributed by atoms with Crippen molar-refractivity contribution < 1.29 is 9.84 Å². The van der Waals surface area contributed by atoms with Gasteiger partial charge in [0.2, 0.25) is 0 Å². The summed E-state index contributed by atoms with van der Waals surface area (Å²) < 4.78 is 7.30. The molecule has 1 saturated heterocycles. The molecule has 2 heterocycles. The van der Waals surface area contributed by atoms with Gasteiger partial charge in [0.05, 0.1) is 24.5 Å². The number of rotatable bonds is 4. The van der Waals surface area contributed by atoms with Crippen LogP contribution in [-0.4, -0.2) is 62.9 Å². The Bertz CT molecular complexity index is 380. The summed E-state index contributed by atoms with van der Waals surface area (Å²) in [6, 6.07) is 0.486. The van der Waals surface area contributed by atoms with E-state index in [4.69, 9.17) is 4.74 Å². The second-order valence-electron chi connectivity index (χ2n) is 5.15. The van der Waals surface area contributed by atoms with Crippen molar-refractivity contribution in [3.8, 4) is 0 Å². The lowest BCUT2D eigenvalue weighted by Crippen LogP contribution is -2.50. The number of nitrogens with zero attached hydrogens (tertiary/aromatic N) is 4. The van der Waals surface area contributed by atoms with Gasteiger partial charge in [-0.1, -0.05) is 5.21 Å². The fourth-order valence-electron chi connectivity index (χ4n) is 2.23. The lowest BCUT2D eigenvalue weighted by Gasteiger charge is -2.37. The van der Waals surface area contributed by atoms with Crippen molar-refractivity contribution in [2.45, 2.75) is 38.5 Å². The van der Waals surface area contributed by atoms with E-state index in [9.17, 15) is 5.11 Å². The van der Waals surface area contributed by atoms with Crippen LogP contribution in [0.2, 0.25) is 0 Å². The third-order valence-electron chi connectivity index (χ3n) is 3.35. The molecule has 0 spiro atoms. The van der Waals surface area contributed by atoms with E-state index in [0.717, 1.165) is 18.8 Å². The van der Waals surface area contributed by atoms with Gasteiger partial charge in [-0.2, -0.15) is 0 Å². The molecule has 0 amide bonds. The Morgan fingerprint density at radius 1 is 1.56 bits per heavy atom. The van der Waals surface area contributed by atoms with Crippen LogP contribution in [0.15, 0.2) is 6.20 Å². The van der Waals surface area contributed by atoms with E-state index in [-0.39, 0.29) is 6.10 Å². The summed E-state index contributed by atoms with van der Waals surface area (Å²) in [5.74, 6) is 0. The molecule has 1 aromatic heterocycles. The molecular formula is C12H22N4O2. The number of hydrogen-bond donors (Lipinski definition) is 1. The first-order valence-electron chi connectivity index (χ1n) is 6.45. The summed E-state index contributed by atoms with van der Waals surface area (Å²) in [6.45, 7) is 6.72. The predicted octanol–water partition coefficient (Wildman–Crippen LogP) is -0.172. The van der Waals surface area contributed by atoms with Crippen LogP contribution in [0.25, 0.3) is 0 Å². The fourth-order valence-corrected chi connectivity index (χ4v) is 2.23. The first kappa shape index (κ1) is 13.5. The van der Waals surface area contributed by atoms with E-state index in [0.29, 0.717) is 19.1 Å². The van der Waals surface area contributed by atoms with Gasteiger partial charge in [0.25, 0.3) is 0 Å². The summed E-state index contributed by atoms with van der Waals surface area (Å²) in [5, 5.41) is 18.1. The fraction of sp³-hybridized carbons (Fsp3) is 0.833. The topological polar surface area (TPSA) is 63.4 Å². The van der Waals surface area contributed by atoms with Gasteiger partial charge < -0.3 is 9.84 Å². The predicted molar refractivity (Wildman–Crippen MR) is 67.2 cm³/mol. The molecule has 0 aromatic carbocycles. The van der Waals surface area contributed by atoms with Crippen LogP contribution in [0.3, 0.4) is 0 Å². The minimum atomic E-state index is -0.525. The largest absolute Gasteiger partial charge is 0.390 e. The van der Waals surface area contributed by atoms with Gasteiger partial charge >= 0.3 is 0 Å². The molecule has 0 bridgehead atoms. The van der Waals surface area contributed by atoms with Crippen molar-refractivity contribution in [2.24, 2.45) is 7.05 Å². The average Bonchev–Trinajstić information content (AvgIpc) is 2.75. The highest BCUT2D eigenvalue weighted by molar-refractivity contribution is 4.96. The lowest BCUT2D eigenvalue weighted by atomic mass is 10.1. The van der Waals surface area contributed by atoms with E-state index in [1.54, 1.807) is 4.68 Å². The van der Waals surface area contributed by atoms with Crippen molar-refractivity contribution in [1.82, 2.24) is 19.9 Å². The molecule has 6 heteroatoms. The molecule has 102 valence electrons. The molecule has 0 saturated carbocycles. The molecule has 2 atom stereocenters. The Balaban J connectivity index is 1.90. The minimum absolute atomic E-state index is 0.136. The molecule has 1 N–H and O–H groups in total. The molecule has 1 aliphatic heterocycles. The third-order valence-corrected chi connectivity index (χ3v) is 3.35. The first-order valence-corrected chi connectivity index (χ1v) is 6.45. The number of morpholine rings is 1. The Kier molecular flexibility index (Phi) is 4.31. The normalized spacial score (nSPS) is 23.5. The molecule has 6 nitrogen and oxygen atoms in total. The van der Waals surface area contributed by atoms with Crippen LogP contribution in [0.5, 0.6) is 0 Å². The lowest BCUT2D eigenvalue weighted by molar-refractivity contribution is -0.0942. The molecule has 1 fully saturated rings. The summed E-state index contributed by atoms with van der Waals surface area (Å²) >= 11 is 0. The third kappa shape index (κ3) is 3.28. The van der Waals surface area contributed by atoms with Crippen molar-refractivity contribution in [3.05, 3.63) is 11.9 Å². The van der Waals surface area contributed by atoms with Gasteiger partial charge in [-0.3, -0.25) is 9.58 Å². The highest BCUT2D eigenvalue weighted by atomic mass is 16.5. The Morgan fingerprint density at radius 3 is 2.94 bits per heavy atom. The van der Waals surface area contributed by atoms with Crippen LogP contribution in [0.4, 0.5) is 0 Å². The number of ether oxygens (including phenoxy) is 1. The number of aromatic nitrogens is 3. The molecule has 1 aromatic rings.